The second-order valence-electron chi connectivity index (χ2n) is 3.23. The first-order valence-electron chi connectivity index (χ1n) is 4.23. The van der Waals surface area contributed by atoms with E-state index < -0.39 is 5.60 Å². The van der Waals surface area contributed by atoms with Crippen LogP contribution in [0.3, 0.4) is 0 Å². The largest absolute Gasteiger partial charge is 0.389 e. The van der Waals surface area contributed by atoms with Crippen molar-refractivity contribution in [2.75, 3.05) is 12.3 Å². The molecule has 0 saturated carbocycles. The fourth-order valence-electron chi connectivity index (χ4n) is 0.819. The molecule has 0 saturated heterocycles. The van der Waals surface area contributed by atoms with E-state index in [9.17, 15) is 5.11 Å². The summed E-state index contributed by atoms with van der Waals surface area (Å²) in [5.41, 5.74) is 4.70. The van der Waals surface area contributed by atoms with Gasteiger partial charge >= 0.3 is 0 Å². The molecule has 1 unspecified atom stereocenters. The van der Waals surface area contributed by atoms with Crippen LogP contribution in [0.4, 0.5) is 0 Å². The van der Waals surface area contributed by atoms with Crippen LogP contribution in [0.25, 0.3) is 0 Å². The number of aliphatic hydroxyl groups is 1. The highest BCUT2D eigenvalue weighted by Crippen LogP contribution is 2.25. The molecule has 3 N–H and O–H groups in total. The number of hydrogen-bond donors (Lipinski definition) is 2. The Morgan fingerprint density at radius 3 is 3.00 bits per heavy atom. The predicted molar refractivity (Wildman–Crippen MR) is 59.3 cm³/mol. The zero-order chi connectivity index (χ0) is 9.73. The van der Waals surface area contributed by atoms with Crippen molar-refractivity contribution >= 4 is 23.1 Å². The lowest BCUT2D eigenvalue weighted by Gasteiger charge is -2.19. The second-order valence-corrected chi connectivity index (χ2v) is 5.57. The predicted octanol–water partition coefficient (Wildman–Crippen LogP) is 1.94. The molecule has 1 heterocycles. The van der Waals surface area contributed by atoms with Crippen LogP contribution in [0.15, 0.2) is 21.7 Å². The quantitative estimate of drug-likeness (QED) is 0.741. The Bertz CT molecular complexity index is 234. The molecule has 2 nitrogen and oxygen atoms in total. The van der Waals surface area contributed by atoms with Gasteiger partial charge in [-0.15, -0.1) is 23.1 Å². The van der Waals surface area contributed by atoms with Gasteiger partial charge in [0.15, 0.2) is 0 Å². The average Bonchev–Trinajstić information content (AvgIpc) is 2.57. The Labute approximate surface area is 87.2 Å². The Hall–Kier alpha value is -0.0300. The minimum Gasteiger partial charge on any atom is -0.389 e. The van der Waals surface area contributed by atoms with E-state index in [-0.39, 0.29) is 0 Å². The van der Waals surface area contributed by atoms with Crippen LogP contribution in [-0.4, -0.2) is 23.0 Å². The van der Waals surface area contributed by atoms with Gasteiger partial charge in [-0.1, -0.05) is 6.07 Å². The first-order valence-corrected chi connectivity index (χ1v) is 6.09. The Balaban J connectivity index is 2.21. The topological polar surface area (TPSA) is 46.2 Å². The van der Waals surface area contributed by atoms with Gasteiger partial charge in [0.05, 0.1) is 9.81 Å². The van der Waals surface area contributed by atoms with Crippen molar-refractivity contribution in [2.45, 2.75) is 23.2 Å². The van der Waals surface area contributed by atoms with Crippen molar-refractivity contribution in [3.63, 3.8) is 0 Å². The molecule has 0 spiro atoms. The van der Waals surface area contributed by atoms with Gasteiger partial charge in [0.1, 0.15) is 0 Å². The Morgan fingerprint density at radius 1 is 1.69 bits per heavy atom. The standard InChI is InChI=1S/C9H15NOS2/c1-9(11,7-10)4-6-13-8-3-2-5-12-8/h2-3,5,11H,4,6-7,10H2,1H3. The molecule has 0 aliphatic rings. The molecule has 1 rings (SSSR count). The van der Waals surface area contributed by atoms with Gasteiger partial charge in [0.2, 0.25) is 0 Å². The lowest BCUT2D eigenvalue weighted by atomic mass is 10.1. The molecule has 0 aliphatic carbocycles. The first-order chi connectivity index (χ1) is 6.14. The summed E-state index contributed by atoms with van der Waals surface area (Å²) in [7, 11) is 0. The van der Waals surface area contributed by atoms with Crippen LogP contribution in [0.2, 0.25) is 0 Å². The third kappa shape index (κ3) is 4.13. The summed E-state index contributed by atoms with van der Waals surface area (Å²) in [5.74, 6) is 0.921. The maximum atomic E-state index is 9.62. The molecule has 74 valence electrons. The lowest BCUT2D eigenvalue weighted by Crippen LogP contribution is -2.34. The smallest absolute Gasteiger partial charge is 0.0749 e. The number of thiophene rings is 1. The van der Waals surface area contributed by atoms with Crippen molar-refractivity contribution in [2.24, 2.45) is 5.73 Å². The number of nitrogens with two attached hydrogens (primary N) is 1. The monoisotopic (exact) mass is 217 g/mol. The second kappa shape index (κ2) is 5.00. The summed E-state index contributed by atoms with van der Waals surface area (Å²) < 4.78 is 1.30. The van der Waals surface area contributed by atoms with E-state index in [2.05, 4.69) is 11.4 Å². The van der Waals surface area contributed by atoms with E-state index in [4.69, 9.17) is 5.73 Å². The highest BCUT2D eigenvalue weighted by atomic mass is 32.2. The third-order valence-electron chi connectivity index (χ3n) is 1.82. The molecule has 0 aromatic carbocycles. The molecular formula is C9H15NOS2. The normalized spacial score (nSPS) is 15.6. The molecule has 1 aromatic rings. The van der Waals surface area contributed by atoms with Crippen LogP contribution in [-0.2, 0) is 0 Å². The molecule has 4 heteroatoms. The zero-order valence-electron chi connectivity index (χ0n) is 7.69. The molecule has 0 bridgehead atoms. The van der Waals surface area contributed by atoms with Gasteiger partial charge < -0.3 is 10.8 Å². The van der Waals surface area contributed by atoms with Crippen LogP contribution >= 0.6 is 23.1 Å². The maximum Gasteiger partial charge on any atom is 0.0749 e. The average molecular weight is 217 g/mol. The highest BCUT2D eigenvalue weighted by molar-refractivity contribution is 8.01. The molecule has 1 atom stereocenters. The van der Waals surface area contributed by atoms with E-state index in [1.807, 2.05) is 6.07 Å². The molecule has 1 aromatic heterocycles. The molecular weight excluding hydrogens is 202 g/mol. The van der Waals surface area contributed by atoms with Crippen LogP contribution in [0.1, 0.15) is 13.3 Å². The summed E-state index contributed by atoms with van der Waals surface area (Å²) in [6.07, 6.45) is 0.742. The summed E-state index contributed by atoms with van der Waals surface area (Å²) >= 11 is 3.50. The SMILES string of the molecule is CC(O)(CN)CCSc1cccs1. The zero-order valence-corrected chi connectivity index (χ0v) is 9.33. The van der Waals surface area contributed by atoms with Gasteiger partial charge in [-0.3, -0.25) is 0 Å². The molecule has 0 radical (unpaired) electrons. The minimum absolute atomic E-state index is 0.331. The summed E-state index contributed by atoms with van der Waals surface area (Å²) in [4.78, 5) is 0. The molecule has 13 heavy (non-hydrogen) atoms. The lowest BCUT2D eigenvalue weighted by molar-refractivity contribution is 0.0665. The van der Waals surface area contributed by atoms with Gasteiger partial charge in [-0.25, -0.2) is 0 Å². The number of rotatable bonds is 5. The van der Waals surface area contributed by atoms with Crippen LogP contribution in [0.5, 0.6) is 0 Å². The van der Waals surface area contributed by atoms with E-state index in [1.54, 1.807) is 30.0 Å². The van der Waals surface area contributed by atoms with Crippen LogP contribution < -0.4 is 5.73 Å². The summed E-state index contributed by atoms with van der Waals surface area (Å²) in [6, 6.07) is 4.13. The highest BCUT2D eigenvalue weighted by Gasteiger charge is 2.17. The van der Waals surface area contributed by atoms with Gasteiger partial charge in [-0.2, -0.15) is 0 Å². The Kier molecular flexibility index (Phi) is 4.25. The first kappa shape index (κ1) is 11.0. The fourth-order valence-corrected chi connectivity index (χ4v) is 2.87. The maximum absolute atomic E-state index is 9.62. The summed E-state index contributed by atoms with van der Waals surface area (Å²) in [5, 5.41) is 11.7. The Morgan fingerprint density at radius 2 is 2.46 bits per heavy atom. The van der Waals surface area contributed by atoms with E-state index in [1.165, 1.54) is 4.21 Å². The van der Waals surface area contributed by atoms with Gasteiger partial charge in [0.25, 0.3) is 0 Å². The number of thioether (sulfide) groups is 1. The van der Waals surface area contributed by atoms with E-state index in [0.717, 1.165) is 12.2 Å². The number of hydrogen-bond acceptors (Lipinski definition) is 4. The van der Waals surface area contributed by atoms with Crippen molar-refractivity contribution < 1.29 is 5.11 Å². The van der Waals surface area contributed by atoms with Crippen molar-refractivity contribution in [3.05, 3.63) is 17.5 Å². The fraction of sp³-hybridized carbons (Fsp3) is 0.556. The van der Waals surface area contributed by atoms with Crippen molar-refractivity contribution in [3.8, 4) is 0 Å². The van der Waals surface area contributed by atoms with E-state index in [0.29, 0.717) is 6.54 Å². The van der Waals surface area contributed by atoms with Crippen molar-refractivity contribution in [1.82, 2.24) is 0 Å². The molecule has 0 amide bonds. The summed E-state index contributed by atoms with van der Waals surface area (Å²) in [6.45, 7) is 2.11. The van der Waals surface area contributed by atoms with Gasteiger partial charge in [-0.05, 0) is 24.8 Å². The van der Waals surface area contributed by atoms with Crippen molar-refractivity contribution in [1.29, 1.82) is 0 Å². The van der Waals surface area contributed by atoms with Crippen LogP contribution in [0, 0.1) is 0 Å². The minimum atomic E-state index is -0.704. The van der Waals surface area contributed by atoms with E-state index >= 15 is 0 Å². The van der Waals surface area contributed by atoms with Gasteiger partial charge in [0, 0.05) is 12.3 Å². The molecule has 0 fully saturated rings. The molecule has 0 aliphatic heterocycles. The third-order valence-corrected chi connectivity index (χ3v) is 3.95.